The molecule has 7 heteroatoms. The molecule has 2 heterocycles. The van der Waals surface area contributed by atoms with Gasteiger partial charge in [-0.15, -0.1) is 0 Å². The summed E-state index contributed by atoms with van der Waals surface area (Å²) in [5.41, 5.74) is 5.00. The fourth-order valence-electron chi connectivity index (χ4n) is 3.93. The van der Waals surface area contributed by atoms with Crippen LogP contribution in [0, 0.1) is 13.8 Å². The second-order valence-corrected chi connectivity index (χ2v) is 7.19. The number of rotatable bonds is 8. The molecule has 1 aromatic heterocycles. The van der Waals surface area contributed by atoms with Gasteiger partial charge in [0.05, 0.1) is 32.6 Å². The fourth-order valence-corrected chi connectivity index (χ4v) is 3.93. The lowest BCUT2D eigenvalue weighted by Gasteiger charge is -2.29. The van der Waals surface area contributed by atoms with Crippen LogP contribution in [-0.2, 0) is 16.0 Å². The number of morpholine rings is 1. The quantitative estimate of drug-likeness (QED) is 0.688. The number of nitrogens with one attached hydrogen (secondary N) is 1. The zero-order valence-electron chi connectivity index (χ0n) is 17.8. The van der Waals surface area contributed by atoms with Crippen molar-refractivity contribution in [2.45, 2.75) is 20.4 Å². The van der Waals surface area contributed by atoms with Crippen LogP contribution in [0.15, 0.2) is 24.3 Å². The SMILES string of the molecule is COCCNC(=O)c1c(C)c(N2CCOCC2)c(C)n1Cc1cccc(OC)c1. The minimum atomic E-state index is -0.0787. The van der Waals surface area contributed by atoms with Gasteiger partial charge in [0.1, 0.15) is 11.4 Å². The van der Waals surface area contributed by atoms with E-state index in [0.717, 1.165) is 41.3 Å². The van der Waals surface area contributed by atoms with Gasteiger partial charge in [-0.05, 0) is 31.5 Å². The number of hydrogen-bond donors (Lipinski definition) is 1. The molecule has 29 heavy (non-hydrogen) atoms. The van der Waals surface area contributed by atoms with Gasteiger partial charge in [-0.25, -0.2) is 0 Å². The average molecular weight is 402 g/mol. The van der Waals surface area contributed by atoms with E-state index in [1.807, 2.05) is 25.1 Å². The first-order valence-electron chi connectivity index (χ1n) is 9.99. The highest BCUT2D eigenvalue weighted by molar-refractivity contribution is 5.96. The Hall–Kier alpha value is -2.51. The molecule has 1 aliphatic rings. The molecule has 0 atom stereocenters. The van der Waals surface area contributed by atoms with E-state index in [4.69, 9.17) is 14.2 Å². The lowest BCUT2D eigenvalue weighted by atomic mass is 10.2. The van der Waals surface area contributed by atoms with Crippen molar-refractivity contribution in [2.75, 3.05) is 58.6 Å². The van der Waals surface area contributed by atoms with Crippen LogP contribution in [0.4, 0.5) is 5.69 Å². The second-order valence-electron chi connectivity index (χ2n) is 7.19. The summed E-state index contributed by atoms with van der Waals surface area (Å²) < 4.78 is 18.1. The molecule has 0 aliphatic carbocycles. The summed E-state index contributed by atoms with van der Waals surface area (Å²) in [5.74, 6) is 0.730. The Balaban J connectivity index is 1.99. The Kier molecular flexibility index (Phi) is 7.17. The largest absolute Gasteiger partial charge is 0.497 e. The highest BCUT2D eigenvalue weighted by atomic mass is 16.5. The van der Waals surface area contributed by atoms with Crippen molar-refractivity contribution in [3.8, 4) is 5.75 Å². The number of carbonyl (C=O) groups excluding carboxylic acids is 1. The minimum Gasteiger partial charge on any atom is -0.497 e. The Morgan fingerprint density at radius 2 is 1.97 bits per heavy atom. The topological polar surface area (TPSA) is 65.0 Å². The summed E-state index contributed by atoms with van der Waals surface area (Å²) in [7, 11) is 3.29. The smallest absolute Gasteiger partial charge is 0.268 e. The van der Waals surface area contributed by atoms with E-state index in [1.165, 1.54) is 0 Å². The van der Waals surface area contributed by atoms with Gasteiger partial charge in [0, 0.05) is 44.5 Å². The summed E-state index contributed by atoms with van der Waals surface area (Å²) in [6.07, 6.45) is 0. The monoisotopic (exact) mass is 401 g/mol. The number of anilines is 1. The molecule has 1 fully saturated rings. The number of aromatic nitrogens is 1. The molecular weight excluding hydrogens is 370 g/mol. The van der Waals surface area contributed by atoms with Crippen molar-refractivity contribution in [1.82, 2.24) is 9.88 Å². The molecule has 158 valence electrons. The number of nitrogens with zero attached hydrogens (tertiary/aromatic N) is 2. The molecule has 0 spiro atoms. The van der Waals surface area contributed by atoms with Crippen molar-refractivity contribution in [1.29, 1.82) is 0 Å². The van der Waals surface area contributed by atoms with Gasteiger partial charge in [-0.3, -0.25) is 4.79 Å². The van der Waals surface area contributed by atoms with Crippen LogP contribution >= 0.6 is 0 Å². The maximum absolute atomic E-state index is 13.1. The normalized spacial score (nSPS) is 14.1. The van der Waals surface area contributed by atoms with E-state index in [9.17, 15) is 4.79 Å². The van der Waals surface area contributed by atoms with E-state index in [1.54, 1.807) is 14.2 Å². The standard InChI is InChI=1S/C22H31N3O4/c1-16-20(24-9-12-29-13-10-24)17(2)25(21(16)22(26)23-8-11-27-3)15-18-6-5-7-19(14-18)28-4/h5-7,14H,8-13,15H2,1-4H3,(H,23,26). The molecule has 1 saturated heterocycles. The highest BCUT2D eigenvalue weighted by Crippen LogP contribution is 2.32. The number of hydrogen-bond acceptors (Lipinski definition) is 5. The Bertz CT molecular complexity index is 841. The first kappa shape index (κ1) is 21.2. The number of carbonyl (C=O) groups is 1. The molecule has 3 rings (SSSR count). The zero-order chi connectivity index (χ0) is 20.8. The molecule has 2 aromatic rings. The minimum absolute atomic E-state index is 0.0787. The molecule has 1 aliphatic heterocycles. The van der Waals surface area contributed by atoms with Crippen LogP contribution < -0.4 is 15.0 Å². The number of methoxy groups -OCH3 is 2. The van der Waals surface area contributed by atoms with Gasteiger partial charge in [0.2, 0.25) is 0 Å². The summed E-state index contributed by atoms with van der Waals surface area (Å²) in [5, 5.41) is 2.98. The van der Waals surface area contributed by atoms with Gasteiger partial charge in [0.25, 0.3) is 5.91 Å². The second kappa shape index (κ2) is 9.80. The summed E-state index contributed by atoms with van der Waals surface area (Å²) >= 11 is 0. The third-order valence-electron chi connectivity index (χ3n) is 5.34. The van der Waals surface area contributed by atoms with Gasteiger partial charge in [-0.2, -0.15) is 0 Å². The predicted molar refractivity (Wildman–Crippen MR) is 113 cm³/mol. The molecule has 1 aromatic carbocycles. The van der Waals surface area contributed by atoms with Crippen LogP contribution in [0.2, 0.25) is 0 Å². The Morgan fingerprint density at radius 1 is 1.21 bits per heavy atom. The molecular formula is C22H31N3O4. The van der Waals surface area contributed by atoms with Crippen LogP contribution in [0.1, 0.15) is 27.3 Å². The molecule has 0 saturated carbocycles. The number of amides is 1. The summed E-state index contributed by atoms with van der Waals surface area (Å²) in [4.78, 5) is 15.4. The van der Waals surface area contributed by atoms with Gasteiger partial charge < -0.3 is 29.0 Å². The fraction of sp³-hybridized carbons (Fsp3) is 0.500. The predicted octanol–water partition coefficient (Wildman–Crippen LogP) is 2.37. The first-order valence-corrected chi connectivity index (χ1v) is 9.99. The van der Waals surface area contributed by atoms with Crippen LogP contribution in [0.5, 0.6) is 5.75 Å². The number of benzene rings is 1. The van der Waals surface area contributed by atoms with Crippen molar-refractivity contribution in [3.63, 3.8) is 0 Å². The molecule has 7 nitrogen and oxygen atoms in total. The maximum Gasteiger partial charge on any atom is 0.268 e. The van der Waals surface area contributed by atoms with E-state index >= 15 is 0 Å². The van der Waals surface area contributed by atoms with Crippen molar-refractivity contribution in [2.24, 2.45) is 0 Å². The van der Waals surface area contributed by atoms with Crippen molar-refractivity contribution in [3.05, 3.63) is 46.8 Å². The van der Waals surface area contributed by atoms with E-state index in [2.05, 4.69) is 27.8 Å². The average Bonchev–Trinajstić information content (AvgIpc) is 2.98. The van der Waals surface area contributed by atoms with Gasteiger partial charge in [0.15, 0.2) is 0 Å². The maximum atomic E-state index is 13.1. The molecule has 0 unspecified atom stereocenters. The molecule has 1 N–H and O–H groups in total. The molecule has 1 amide bonds. The van der Waals surface area contributed by atoms with Crippen LogP contribution in [-0.4, -0.2) is 64.1 Å². The lowest BCUT2D eigenvalue weighted by molar-refractivity contribution is 0.0927. The zero-order valence-corrected chi connectivity index (χ0v) is 17.8. The Labute approximate surface area is 172 Å². The van der Waals surface area contributed by atoms with Gasteiger partial charge in [-0.1, -0.05) is 12.1 Å². The van der Waals surface area contributed by atoms with E-state index < -0.39 is 0 Å². The van der Waals surface area contributed by atoms with Crippen LogP contribution in [0.3, 0.4) is 0 Å². The Morgan fingerprint density at radius 3 is 2.66 bits per heavy atom. The number of ether oxygens (including phenoxy) is 3. The highest BCUT2D eigenvalue weighted by Gasteiger charge is 2.26. The van der Waals surface area contributed by atoms with E-state index in [-0.39, 0.29) is 5.91 Å². The summed E-state index contributed by atoms with van der Waals surface area (Å²) in [6.45, 7) is 8.74. The van der Waals surface area contributed by atoms with E-state index in [0.29, 0.717) is 38.6 Å². The first-order chi connectivity index (χ1) is 14.1. The third-order valence-corrected chi connectivity index (χ3v) is 5.34. The van der Waals surface area contributed by atoms with Crippen molar-refractivity contribution >= 4 is 11.6 Å². The molecule has 0 bridgehead atoms. The third kappa shape index (κ3) is 4.74. The lowest BCUT2D eigenvalue weighted by Crippen LogP contribution is -2.36. The van der Waals surface area contributed by atoms with Gasteiger partial charge >= 0.3 is 0 Å². The molecule has 0 radical (unpaired) electrons. The van der Waals surface area contributed by atoms with Crippen LogP contribution in [0.25, 0.3) is 0 Å². The van der Waals surface area contributed by atoms with Crippen molar-refractivity contribution < 1.29 is 19.0 Å². The summed E-state index contributed by atoms with van der Waals surface area (Å²) in [6, 6.07) is 7.96.